The molecule has 1 aliphatic carbocycles. The van der Waals surface area contributed by atoms with Crippen LogP contribution in [-0.2, 0) is 14.3 Å². The van der Waals surface area contributed by atoms with Gasteiger partial charge in [0.15, 0.2) is 0 Å². The fourth-order valence-electron chi connectivity index (χ4n) is 3.30. The third-order valence-electron chi connectivity index (χ3n) is 4.83. The van der Waals surface area contributed by atoms with Gasteiger partial charge >= 0.3 is 0 Å². The van der Waals surface area contributed by atoms with Gasteiger partial charge in [0.1, 0.15) is 0 Å². The zero-order valence-electron chi connectivity index (χ0n) is 15.4. The standard InChI is InChI=1S/C18H32N4O3/c1-15(20-21-18(24)16-6-3-2-4-7-16)14-17(23)19-8-5-9-22-10-12-25-13-11-22/h16H,2-14H2,1H3,(H,19,23)(H,21,24)/b20-15-. The fourth-order valence-corrected chi connectivity index (χ4v) is 3.30. The molecular weight excluding hydrogens is 320 g/mol. The molecule has 1 aliphatic heterocycles. The summed E-state index contributed by atoms with van der Waals surface area (Å²) >= 11 is 0. The first-order valence-electron chi connectivity index (χ1n) is 9.55. The van der Waals surface area contributed by atoms with Gasteiger partial charge in [0, 0.05) is 31.3 Å². The number of hydrogen-bond donors (Lipinski definition) is 2. The Hall–Kier alpha value is -1.47. The molecule has 1 heterocycles. The van der Waals surface area contributed by atoms with Crippen LogP contribution < -0.4 is 10.7 Å². The third-order valence-corrected chi connectivity index (χ3v) is 4.83. The zero-order chi connectivity index (χ0) is 17.9. The van der Waals surface area contributed by atoms with Crippen LogP contribution in [-0.4, -0.2) is 61.8 Å². The number of hydrogen-bond acceptors (Lipinski definition) is 5. The van der Waals surface area contributed by atoms with Crippen molar-refractivity contribution in [1.82, 2.24) is 15.6 Å². The van der Waals surface area contributed by atoms with Crippen molar-refractivity contribution in [2.45, 2.75) is 51.9 Å². The number of hydrazone groups is 1. The van der Waals surface area contributed by atoms with Crippen LogP contribution >= 0.6 is 0 Å². The second-order valence-electron chi connectivity index (χ2n) is 6.99. The molecule has 25 heavy (non-hydrogen) atoms. The molecule has 0 bridgehead atoms. The molecule has 7 heteroatoms. The molecule has 0 radical (unpaired) electrons. The first kappa shape index (κ1) is 19.8. The number of morpholine rings is 1. The highest BCUT2D eigenvalue weighted by Crippen LogP contribution is 2.23. The Balaban J connectivity index is 1.56. The van der Waals surface area contributed by atoms with E-state index < -0.39 is 0 Å². The van der Waals surface area contributed by atoms with Gasteiger partial charge in [0.2, 0.25) is 11.8 Å². The van der Waals surface area contributed by atoms with Gasteiger partial charge in [-0.05, 0) is 32.7 Å². The highest BCUT2D eigenvalue weighted by Gasteiger charge is 2.20. The SMILES string of the molecule is C/C(CC(=O)NCCCN1CCOCC1)=N/NC(=O)C1CCCCC1. The van der Waals surface area contributed by atoms with Gasteiger partial charge in [-0.25, -0.2) is 5.43 Å². The molecule has 0 unspecified atom stereocenters. The van der Waals surface area contributed by atoms with Crippen molar-refractivity contribution in [2.24, 2.45) is 11.0 Å². The van der Waals surface area contributed by atoms with Gasteiger partial charge in [-0.3, -0.25) is 14.5 Å². The van der Waals surface area contributed by atoms with E-state index in [1.807, 2.05) is 0 Å². The van der Waals surface area contributed by atoms with E-state index in [1.165, 1.54) is 6.42 Å². The molecule has 0 atom stereocenters. The van der Waals surface area contributed by atoms with E-state index in [2.05, 4.69) is 20.7 Å². The van der Waals surface area contributed by atoms with E-state index in [0.717, 1.165) is 65.0 Å². The van der Waals surface area contributed by atoms with E-state index in [4.69, 9.17) is 4.74 Å². The molecule has 0 spiro atoms. The van der Waals surface area contributed by atoms with Crippen LogP contribution in [0.5, 0.6) is 0 Å². The van der Waals surface area contributed by atoms with Gasteiger partial charge in [-0.2, -0.15) is 5.10 Å². The quantitative estimate of drug-likeness (QED) is 0.392. The molecule has 2 rings (SSSR count). The fraction of sp³-hybridized carbons (Fsp3) is 0.833. The normalized spacial score (nSPS) is 20.3. The lowest BCUT2D eigenvalue weighted by Gasteiger charge is -2.26. The zero-order valence-corrected chi connectivity index (χ0v) is 15.4. The van der Waals surface area contributed by atoms with Crippen molar-refractivity contribution in [3.05, 3.63) is 0 Å². The number of carbonyl (C=O) groups is 2. The predicted octanol–water partition coefficient (Wildman–Crippen LogP) is 1.29. The van der Waals surface area contributed by atoms with Crippen LogP contribution in [0, 0.1) is 5.92 Å². The minimum atomic E-state index is -0.0462. The third kappa shape index (κ3) is 7.96. The monoisotopic (exact) mass is 352 g/mol. The van der Waals surface area contributed by atoms with Gasteiger partial charge in [-0.1, -0.05) is 19.3 Å². The maximum Gasteiger partial charge on any atom is 0.243 e. The molecule has 0 aromatic rings. The van der Waals surface area contributed by atoms with Gasteiger partial charge in [0.25, 0.3) is 0 Å². The topological polar surface area (TPSA) is 83.0 Å². The Labute approximate surface area is 150 Å². The number of nitrogens with zero attached hydrogens (tertiary/aromatic N) is 2. The molecule has 1 saturated heterocycles. The Morgan fingerprint density at radius 1 is 1.16 bits per heavy atom. The average Bonchev–Trinajstić information content (AvgIpc) is 2.65. The Morgan fingerprint density at radius 3 is 2.60 bits per heavy atom. The Kier molecular flexibility index (Phi) is 8.90. The Bertz CT molecular complexity index is 455. The molecule has 1 saturated carbocycles. The van der Waals surface area contributed by atoms with Crippen molar-refractivity contribution in [2.75, 3.05) is 39.4 Å². The molecule has 0 aromatic heterocycles. The predicted molar refractivity (Wildman–Crippen MR) is 97.3 cm³/mol. The second-order valence-corrected chi connectivity index (χ2v) is 6.99. The summed E-state index contributed by atoms with van der Waals surface area (Å²) in [7, 11) is 0. The summed E-state index contributed by atoms with van der Waals surface area (Å²) in [4.78, 5) is 26.3. The van der Waals surface area contributed by atoms with Crippen LogP contribution in [0.4, 0.5) is 0 Å². The van der Waals surface area contributed by atoms with E-state index in [9.17, 15) is 9.59 Å². The van der Waals surface area contributed by atoms with Gasteiger partial charge in [0.05, 0.1) is 19.6 Å². The van der Waals surface area contributed by atoms with Gasteiger partial charge < -0.3 is 10.1 Å². The van der Waals surface area contributed by atoms with Crippen molar-refractivity contribution in [1.29, 1.82) is 0 Å². The van der Waals surface area contributed by atoms with E-state index in [0.29, 0.717) is 12.3 Å². The lowest BCUT2D eigenvalue weighted by Crippen LogP contribution is -2.38. The smallest absolute Gasteiger partial charge is 0.243 e. The number of amides is 2. The molecule has 0 aromatic carbocycles. The molecule has 2 N–H and O–H groups in total. The van der Waals surface area contributed by atoms with Crippen molar-refractivity contribution >= 4 is 17.5 Å². The summed E-state index contributed by atoms with van der Waals surface area (Å²) in [5, 5.41) is 6.99. The van der Waals surface area contributed by atoms with Crippen molar-refractivity contribution < 1.29 is 14.3 Å². The maximum atomic E-state index is 12.0. The largest absolute Gasteiger partial charge is 0.379 e. The lowest BCUT2D eigenvalue weighted by atomic mass is 9.89. The van der Waals surface area contributed by atoms with E-state index >= 15 is 0 Å². The highest BCUT2D eigenvalue weighted by molar-refractivity contribution is 6.00. The average molecular weight is 352 g/mol. The van der Waals surface area contributed by atoms with Crippen LogP contribution in [0.25, 0.3) is 0 Å². The van der Waals surface area contributed by atoms with Crippen LogP contribution in [0.15, 0.2) is 5.10 Å². The summed E-state index contributed by atoms with van der Waals surface area (Å²) in [6.07, 6.45) is 6.51. The number of rotatable bonds is 8. The molecule has 2 fully saturated rings. The molecule has 142 valence electrons. The minimum absolute atomic E-state index is 0.00929. The summed E-state index contributed by atoms with van der Waals surface area (Å²) in [5.74, 6) is 0.0272. The van der Waals surface area contributed by atoms with Crippen molar-refractivity contribution in [3.8, 4) is 0 Å². The van der Waals surface area contributed by atoms with Crippen LogP contribution in [0.2, 0.25) is 0 Å². The molecule has 2 aliphatic rings. The van der Waals surface area contributed by atoms with Crippen LogP contribution in [0.1, 0.15) is 51.9 Å². The summed E-state index contributed by atoms with van der Waals surface area (Å²) in [5.41, 5.74) is 3.25. The lowest BCUT2D eigenvalue weighted by molar-refractivity contribution is -0.126. The Morgan fingerprint density at radius 2 is 1.88 bits per heavy atom. The summed E-state index contributed by atoms with van der Waals surface area (Å²) < 4.78 is 5.31. The van der Waals surface area contributed by atoms with Gasteiger partial charge in [-0.15, -0.1) is 0 Å². The number of carbonyl (C=O) groups excluding carboxylic acids is 2. The first-order valence-corrected chi connectivity index (χ1v) is 9.55. The van der Waals surface area contributed by atoms with E-state index in [-0.39, 0.29) is 24.2 Å². The number of nitrogens with one attached hydrogen (secondary N) is 2. The maximum absolute atomic E-state index is 12.0. The first-order chi connectivity index (χ1) is 12.1. The molecule has 2 amide bonds. The summed E-state index contributed by atoms with van der Waals surface area (Å²) in [6.45, 7) is 6.96. The summed E-state index contributed by atoms with van der Waals surface area (Å²) in [6, 6.07) is 0. The molecule has 7 nitrogen and oxygen atoms in total. The minimum Gasteiger partial charge on any atom is -0.379 e. The van der Waals surface area contributed by atoms with Crippen molar-refractivity contribution in [3.63, 3.8) is 0 Å². The number of ether oxygens (including phenoxy) is 1. The van der Waals surface area contributed by atoms with E-state index in [1.54, 1.807) is 6.92 Å². The molecular formula is C18H32N4O3. The van der Waals surface area contributed by atoms with Crippen LogP contribution in [0.3, 0.4) is 0 Å². The second kappa shape index (κ2) is 11.2. The highest BCUT2D eigenvalue weighted by atomic mass is 16.5.